The molecule has 5 nitrogen and oxygen atoms in total. The molecule has 2 aromatic carbocycles. The third-order valence-corrected chi connectivity index (χ3v) is 5.81. The molecule has 0 radical (unpaired) electrons. The fraction of sp³-hybridized carbons (Fsp3) is 0.0588. The molecule has 1 heterocycles. The summed E-state index contributed by atoms with van der Waals surface area (Å²) in [5.74, 6) is -4.22. The Labute approximate surface area is 151 Å². The largest absolute Gasteiger partial charge is 0.341 e. The first-order chi connectivity index (χ1) is 12.4. The van der Waals surface area contributed by atoms with Crippen molar-refractivity contribution in [3.05, 3.63) is 59.6 Å². The predicted molar refractivity (Wildman–Crippen MR) is 96.9 cm³/mol. The van der Waals surface area contributed by atoms with E-state index in [2.05, 4.69) is 10.3 Å². The molecule has 26 heavy (non-hydrogen) atoms. The summed E-state index contributed by atoms with van der Waals surface area (Å²) in [6.07, 6.45) is 2.65. The predicted octanol–water partition coefficient (Wildman–Crippen LogP) is 3.94. The molecular formula is C17H12F2N2O3S2. The quantitative estimate of drug-likeness (QED) is 0.665. The summed E-state index contributed by atoms with van der Waals surface area (Å²) in [7, 11) is -4.82. The lowest BCUT2D eigenvalue weighted by Crippen LogP contribution is -2.16. The number of thiazole rings is 1. The van der Waals surface area contributed by atoms with Crippen LogP contribution in [0.5, 0.6) is 0 Å². The zero-order valence-corrected chi connectivity index (χ0v) is 14.7. The molecule has 0 saturated carbocycles. The summed E-state index contributed by atoms with van der Waals surface area (Å²) >= 11 is 1.38. The summed E-state index contributed by atoms with van der Waals surface area (Å²) in [4.78, 5) is 15.7. The zero-order chi connectivity index (χ0) is 18.7. The molecule has 9 heteroatoms. The number of nitrogens with zero attached hydrogens (tertiary/aromatic N) is 1. The average Bonchev–Trinajstić information content (AvgIpc) is 3.03. The van der Waals surface area contributed by atoms with E-state index in [0.717, 1.165) is 16.3 Å². The molecule has 0 spiro atoms. The zero-order valence-electron chi connectivity index (χ0n) is 13.1. The van der Waals surface area contributed by atoms with Gasteiger partial charge in [0, 0.05) is 6.08 Å². The number of hydrogen-bond acceptors (Lipinski definition) is 5. The number of alkyl halides is 2. The first-order valence-electron chi connectivity index (χ1n) is 7.33. The average molecular weight is 394 g/mol. The second kappa shape index (κ2) is 7.30. The van der Waals surface area contributed by atoms with Gasteiger partial charge in [-0.1, -0.05) is 24.3 Å². The van der Waals surface area contributed by atoms with Crippen LogP contribution >= 0.6 is 11.3 Å². The number of fused-ring (bicyclic) bond motifs is 1. The van der Waals surface area contributed by atoms with Crippen molar-refractivity contribution in [3.63, 3.8) is 0 Å². The molecule has 0 fully saturated rings. The Morgan fingerprint density at radius 2 is 1.81 bits per heavy atom. The van der Waals surface area contributed by atoms with Crippen molar-refractivity contribution >= 4 is 49.1 Å². The lowest BCUT2D eigenvalue weighted by molar-refractivity contribution is -0.111. The molecular weight excluding hydrogens is 382 g/mol. The lowest BCUT2D eigenvalue weighted by atomic mass is 10.3. The monoisotopic (exact) mass is 394 g/mol. The molecule has 1 N–H and O–H groups in total. The van der Waals surface area contributed by atoms with Gasteiger partial charge in [-0.05, 0) is 30.3 Å². The van der Waals surface area contributed by atoms with Crippen molar-refractivity contribution < 1.29 is 22.0 Å². The topological polar surface area (TPSA) is 76.1 Å². The van der Waals surface area contributed by atoms with Crippen molar-refractivity contribution in [2.45, 2.75) is 10.7 Å². The van der Waals surface area contributed by atoms with Gasteiger partial charge in [0.05, 0.1) is 20.8 Å². The van der Waals surface area contributed by atoms with Crippen LogP contribution in [-0.4, -0.2) is 25.1 Å². The number of halogens is 2. The molecule has 3 rings (SSSR count). The molecule has 0 bridgehead atoms. The van der Waals surface area contributed by atoms with Crippen LogP contribution in [0.4, 0.5) is 14.5 Å². The van der Waals surface area contributed by atoms with Crippen LogP contribution in [0.15, 0.2) is 59.5 Å². The van der Waals surface area contributed by atoms with Crippen LogP contribution in [0.3, 0.4) is 0 Å². The Kier molecular flexibility index (Phi) is 5.10. The number of aromatic nitrogens is 1. The number of anilines is 1. The summed E-state index contributed by atoms with van der Waals surface area (Å²) in [5.41, 5.74) is 0.595. The van der Waals surface area contributed by atoms with E-state index in [9.17, 15) is 22.0 Å². The van der Waals surface area contributed by atoms with Crippen LogP contribution in [-0.2, 0) is 14.6 Å². The Morgan fingerprint density at radius 1 is 1.12 bits per heavy atom. The maximum Gasteiger partial charge on any atom is 0.341 e. The fourth-order valence-corrected chi connectivity index (χ4v) is 3.95. The number of amides is 1. The Bertz CT molecular complexity index is 1060. The molecule has 0 aliphatic carbocycles. The van der Waals surface area contributed by atoms with E-state index in [1.807, 2.05) is 24.3 Å². The van der Waals surface area contributed by atoms with Gasteiger partial charge in [-0.25, -0.2) is 13.4 Å². The van der Waals surface area contributed by atoms with Gasteiger partial charge < -0.3 is 5.32 Å². The highest BCUT2D eigenvalue weighted by molar-refractivity contribution is 7.91. The first kappa shape index (κ1) is 18.2. The van der Waals surface area contributed by atoms with E-state index in [1.165, 1.54) is 41.7 Å². The number of carbonyl (C=O) groups excluding carboxylic acids is 1. The highest BCUT2D eigenvalue weighted by Gasteiger charge is 2.29. The minimum absolute atomic E-state index is 0.202. The second-order valence-corrected chi connectivity index (χ2v) is 8.09. The minimum atomic E-state index is -4.82. The van der Waals surface area contributed by atoms with E-state index in [4.69, 9.17) is 0 Å². The summed E-state index contributed by atoms with van der Waals surface area (Å²) in [6.45, 7) is 0. The Balaban J connectivity index is 1.80. The maximum absolute atomic E-state index is 12.8. The minimum Gasteiger partial charge on any atom is -0.321 e. The number of carbonyl (C=O) groups is 1. The van der Waals surface area contributed by atoms with Gasteiger partial charge in [0.2, 0.25) is 15.7 Å². The third-order valence-electron chi connectivity index (χ3n) is 3.37. The molecule has 0 aliphatic rings. The lowest BCUT2D eigenvalue weighted by Gasteiger charge is -2.09. The van der Waals surface area contributed by atoms with Crippen LogP contribution < -0.4 is 5.32 Å². The Morgan fingerprint density at radius 3 is 2.54 bits per heavy atom. The Hall–Kier alpha value is -2.65. The van der Waals surface area contributed by atoms with Gasteiger partial charge in [0.25, 0.3) is 0 Å². The molecule has 1 aromatic heterocycles. The SMILES string of the molecule is O=C(C=Cc1nc2ccccc2s1)Nc1ccccc1S(=O)(=O)C(F)F. The summed E-state index contributed by atoms with van der Waals surface area (Å²) in [5, 5.41) is 2.91. The van der Waals surface area contributed by atoms with Crippen molar-refractivity contribution in [3.8, 4) is 0 Å². The highest BCUT2D eigenvalue weighted by atomic mass is 32.2. The van der Waals surface area contributed by atoms with Gasteiger partial charge in [0.1, 0.15) is 5.01 Å². The van der Waals surface area contributed by atoms with Gasteiger partial charge in [-0.3, -0.25) is 4.79 Å². The fourth-order valence-electron chi connectivity index (χ4n) is 2.20. The molecule has 0 atom stereocenters. The number of rotatable bonds is 5. The van der Waals surface area contributed by atoms with Crippen LogP contribution in [0.1, 0.15) is 5.01 Å². The standard InChI is InChI=1S/C17H12F2N2O3S2/c18-17(19)26(23,24)14-8-4-2-6-12(14)20-15(22)9-10-16-21-11-5-1-3-7-13(11)25-16/h1-10,17H,(H,20,22). The molecule has 3 aromatic rings. The van der Waals surface area contributed by atoms with E-state index < -0.39 is 26.4 Å². The molecule has 134 valence electrons. The van der Waals surface area contributed by atoms with Gasteiger partial charge >= 0.3 is 5.76 Å². The van der Waals surface area contributed by atoms with Gasteiger partial charge in [0.15, 0.2) is 0 Å². The summed E-state index contributed by atoms with van der Waals surface area (Å²) in [6, 6.07) is 12.5. The number of hydrogen-bond donors (Lipinski definition) is 1. The number of sulfone groups is 1. The van der Waals surface area contributed by atoms with Crippen molar-refractivity contribution in [2.24, 2.45) is 0 Å². The number of nitrogens with one attached hydrogen (secondary N) is 1. The normalized spacial score (nSPS) is 12.1. The smallest absolute Gasteiger partial charge is 0.321 e. The first-order valence-corrected chi connectivity index (χ1v) is 9.70. The van der Waals surface area contributed by atoms with Crippen LogP contribution in [0.25, 0.3) is 16.3 Å². The number of benzene rings is 2. The van der Waals surface area contributed by atoms with E-state index >= 15 is 0 Å². The van der Waals surface area contributed by atoms with Crippen molar-refractivity contribution in [1.29, 1.82) is 0 Å². The summed E-state index contributed by atoms with van der Waals surface area (Å²) < 4.78 is 49.9. The third kappa shape index (κ3) is 3.78. The van der Waals surface area contributed by atoms with Crippen molar-refractivity contribution in [2.75, 3.05) is 5.32 Å². The van der Waals surface area contributed by atoms with Gasteiger partial charge in [-0.2, -0.15) is 8.78 Å². The van der Waals surface area contributed by atoms with Crippen molar-refractivity contribution in [1.82, 2.24) is 4.98 Å². The highest BCUT2D eigenvalue weighted by Crippen LogP contribution is 2.26. The molecule has 0 aliphatic heterocycles. The van der Waals surface area contributed by atoms with Crippen LogP contribution in [0, 0.1) is 0 Å². The van der Waals surface area contributed by atoms with Crippen LogP contribution in [0.2, 0.25) is 0 Å². The number of para-hydroxylation sites is 2. The molecule has 1 amide bonds. The van der Waals surface area contributed by atoms with Gasteiger partial charge in [-0.15, -0.1) is 11.3 Å². The second-order valence-electron chi connectivity index (χ2n) is 5.14. The van der Waals surface area contributed by atoms with E-state index in [1.54, 1.807) is 0 Å². The maximum atomic E-state index is 12.8. The van der Waals surface area contributed by atoms with E-state index in [-0.39, 0.29) is 5.69 Å². The molecule has 0 saturated heterocycles. The van der Waals surface area contributed by atoms with E-state index in [0.29, 0.717) is 5.01 Å². The molecule has 0 unspecified atom stereocenters.